The van der Waals surface area contributed by atoms with Gasteiger partial charge in [0.2, 0.25) is 5.91 Å². The zero-order valence-electron chi connectivity index (χ0n) is 15.5. The summed E-state index contributed by atoms with van der Waals surface area (Å²) >= 11 is 0. The Morgan fingerprint density at radius 2 is 1.88 bits per heavy atom. The molecule has 1 aliphatic rings. The Labute approximate surface area is 150 Å². The van der Waals surface area contributed by atoms with E-state index in [-0.39, 0.29) is 11.8 Å². The predicted molar refractivity (Wildman–Crippen MR) is 101 cm³/mol. The van der Waals surface area contributed by atoms with Crippen LogP contribution in [-0.2, 0) is 4.79 Å². The molecule has 6 heteroatoms. The van der Waals surface area contributed by atoms with Crippen molar-refractivity contribution in [2.24, 2.45) is 0 Å². The van der Waals surface area contributed by atoms with Crippen molar-refractivity contribution in [3.63, 3.8) is 0 Å². The topological polar surface area (TPSA) is 64.7 Å². The van der Waals surface area contributed by atoms with Crippen molar-refractivity contribution in [1.82, 2.24) is 15.1 Å². The summed E-state index contributed by atoms with van der Waals surface area (Å²) in [6.45, 7) is 7.58. The second kappa shape index (κ2) is 9.53. The van der Waals surface area contributed by atoms with Gasteiger partial charge >= 0.3 is 0 Å². The number of anilines is 1. The second-order valence-corrected chi connectivity index (χ2v) is 6.47. The molecule has 1 saturated heterocycles. The molecule has 0 bridgehead atoms. The smallest absolute Gasteiger partial charge is 0.253 e. The van der Waals surface area contributed by atoms with Gasteiger partial charge in [-0.25, -0.2) is 0 Å². The average molecular weight is 346 g/mol. The summed E-state index contributed by atoms with van der Waals surface area (Å²) in [7, 11) is 1.97. The number of carbonyl (C=O) groups excluding carboxylic acids is 2. The van der Waals surface area contributed by atoms with Crippen molar-refractivity contribution in [1.29, 1.82) is 0 Å². The number of hydrogen-bond acceptors (Lipinski definition) is 4. The molecule has 1 aromatic carbocycles. The van der Waals surface area contributed by atoms with Gasteiger partial charge in [-0.05, 0) is 64.5 Å². The maximum absolute atomic E-state index is 12.3. The number of nitrogens with zero attached hydrogens (tertiary/aromatic N) is 2. The van der Waals surface area contributed by atoms with Crippen LogP contribution in [0.3, 0.4) is 0 Å². The molecule has 1 aliphatic heterocycles. The summed E-state index contributed by atoms with van der Waals surface area (Å²) in [4.78, 5) is 28.5. The largest absolute Gasteiger partial charge is 0.339 e. The molecule has 0 radical (unpaired) electrons. The Bertz CT molecular complexity index is 569. The maximum atomic E-state index is 12.3. The number of rotatable bonds is 7. The molecule has 138 valence electrons. The molecule has 0 aromatic heterocycles. The number of carbonyl (C=O) groups is 2. The van der Waals surface area contributed by atoms with Crippen LogP contribution in [0.1, 0.15) is 37.0 Å². The van der Waals surface area contributed by atoms with E-state index in [1.165, 1.54) is 0 Å². The van der Waals surface area contributed by atoms with Crippen LogP contribution in [0.2, 0.25) is 0 Å². The van der Waals surface area contributed by atoms with Crippen molar-refractivity contribution < 1.29 is 9.59 Å². The Morgan fingerprint density at radius 3 is 2.48 bits per heavy atom. The van der Waals surface area contributed by atoms with Crippen molar-refractivity contribution in [3.05, 3.63) is 29.8 Å². The molecule has 6 nitrogen and oxygen atoms in total. The first kappa shape index (κ1) is 19.4. The highest BCUT2D eigenvalue weighted by Gasteiger charge is 2.20. The van der Waals surface area contributed by atoms with Gasteiger partial charge in [-0.3, -0.25) is 14.5 Å². The third-order valence-electron chi connectivity index (χ3n) is 4.75. The van der Waals surface area contributed by atoms with Crippen LogP contribution in [-0.4, -0.2) is 67.4 Å². The van der Waals surface area contributed by atoms with Crippen LogP contribution >= 0.6 is 0 Å². The number of benzene rings is 1. The van der Waals surface area contributed by atoms with Crippen molar-refractivity contribution >= 4 is 17.5 Å². The fourth-order valence-corrected chi connectivity index (χ4v) is 3.23. The molecular weight excluding hydrogens is 316 g/mol. The molecule has 0 saturated carbocycles. The van der Waals surface area contributed by atoms with Gasteiger partial charge in [-0.15, -0.1) is 0 Å². The zero-order chi connectivity index (χ0) is 18.2. The van der Waals surface area contributed by atoms with Crippen LogP contribution in [0.4, 0.5) is 5.69 Å². The molecule has 1 atom stereocenters. The first-order valence-electron chi connectivity index (χ1n) is 9.16. The standard InChI is InChI=1S/C19H30N4O2/c1-4-23(5-2)19(25)15-8-10-16(11-9-15)21-18(24)14-22-12-6-7-17(13-22)20-3/h8-11,17,20H,4-7,12-14H2,1-3H3,(H,21,24). The van der Waals surface area contributed by atoms with Crippen LogP contribution in [0.15, 0.2) is 24.3 Å². The highest BCUT2D eigenvalue weighted by Crippen LogP contribution is 2.13. The van der Waals surface area contributed by atoms with E-state index >= 15 is 0 Å². The lowest BCUT2D eigenvalue weighted by molar-refractivity contribution is -0.117. The number of amides is 2. The van der Waals surface area contributed by atoms with E-state index < -0.39 is 0 Å². The van der Waals surface area contributed by atoms with Gasteiger partial charge in [0.1, 0.15) is 0 Å². The molecule has 1 unspecified atom stereocenters. The molecule has 0 aliphatic carbocycles. The summed E-state index contributed by atoms with van der Waals surface area (Å²) in [5.41, 5.74) is 1.37. The third-order valence-corrected chi connectivity index (χ3v) is 4.75. The molecule has 2 amide bonds. The molecule has 1 fully saturated rings. The third kappa shape index (κ3) is 5.54. The van der Waals surface area contributed by atoms with Crippen LogP contribution in [0.25, 0.3) is 0 Å². The summed E-state index contributed by atoms with van der Waals surface area (Å²) in [5.74, 6) is 0.00822. The van der Waals surface area contributed by atoms with Gasteiger partial charge in [0, 0.05) is 36.9 Å². The van der Waals surface area contributed by atoms with Gasteiger partial charge in [0.15, 0.2) is 0 Å². The van der Waals surface area contributed by atoms with Crippen molar-refractivity contribution in [2.75, 3.05) is 45.1 Å². The Kier molecular flexibility index (Phi) is 7.40. The first-order valence-corrected chi connectivity index (χ1v) is 9.16. The van der Waals surface area contributed by atoms with Gasteiger partial charge < -0.3 is 15.5 Å². The Hall–Kier alpha value is -1.92. The van der Waals surface area contributed by atoms with E-state index in [1.807, 2.05) is 20.9 Å². The Morgan fingerprint density at radius 1 is 1.20 bits per heavy atom. The summed E-state index contributed by atoms with van der Waals surface area (Å²) < 4.78 is 0. The summed E-state index contributed by atoms with van der Waals surface area (Å²) in [6, 6.07) is 7.59. The normalized spacial score (nSPS) is 18.0. The van der Waals surface area contributed by atoms with E-state index in [0.29, 0.717) is 31.2 Å². The zero-order valence-corrected chi connectivity index (χ0v) is 15.5. The Balaban J connectivity index is 1.88. The van der Waals surface area contributed by atoms with Gasteiger partial charge in [0.25, 0.3) is 5.91 Å². The van der Waals surface area contributed by atoms with E-state index in [2.05, 4.69) is 15.5 Å². The molecule has 0 spiro atoms. The van der Waals surface area contributed by atoms with E-state index in [0.717, 1.165) is 31.6 Å². The summed E-state index contributed by atoms with van der Waals surface area (Å²) in [6.07, 6.45) is 2.28. The lowest BCUT2D eigenvalue weighted by Gasteiger charge is -2.31. The van der Waals surface area contributed by atoms with Gasteiger partial charge in [0.05, 0.1) is 6.54 Å². The van der Waals surface area contributed by atoms with E-state index in [9.17, 15) is 9.59 Å². The second-order valence-electron chi connectivity index (χ2n) is 6.47. The van der Waals surface area contributed by atoms with Crippen molar-refractivity contribution in [3.8, 4) is 0 Å². The lowest BCUT2D eigenvalue weighted by Crippen LogP contribution is -2.46. The molecular formula is C19H30N4O2. The van der Waals surface area contributed by atoms with E-state index in [1.54, 1.807) is 29.2 Å². The minimum absolute atomic E-state index is 0.0143. The number of likely N-dealkylation sites (tertiary alicyclic amines) is 1. The van der Waals surface area contributed by atoms with Gasteiger partial charge in [-0.2, -0.15) is 0 Å². The van der Waals surface area contributed by atoms with Gasteiger partial charge in [-0.1, -0.05) is 0 Å². The van der Waals surface area contributed by atoms with E-state index in [4.69, 9.17) is 0 Å². The van der Waals surface area contributed by atoms with Crippen LogP contribution in [0, 0.1) is 0 Å². The average Bonchev–Trinajstić information content (AvgIpc) is 2.63. The quantitative estimate of drug-likeness (QED) is 0.790. The number of hydrogen-bond donors (Lipinski definition) is 2. The van der Waals surface area contributed by atoms with Crippen LogP contribution in [0.5, 0.6) is 0 Å². The number of nitrogens with one attached hydrogen (secondary N) is 2. The minimum Gasteiger partial charge on any atom is -0.339 e. The SMILES string of the molecule is CCN(CC)C(=O)c1ccc(NC(=O)CN2CCCC(NC)C2)cc1. The van der Waals surface area contributed by atoms with Crippen molar-refractivity contribution in [2.45, 2.75) is 32.7 Å². The molecule has 25 heavy (non-hydrogen) atoms. The highest BCUT2D eigenvalue weighted by molar-refractivity contribution is 5.96. The molecule has 1 heterocycles. The number of likely N-dealkylation sites (N-methyl/N-ethyl adjacent to an activating group) is 1. The lowest BCUT2D eigenvalue weighted by atomic mass is 10.1. The molecule has 2 N–H and O–H groups in total. The highest BCUT2D eigenvalue weighted by atomic mass is 16.2. The minimum atomic E-state index is -0.0143. The molecule has 2 rings (SSSR count). The fraction of sp³-hybridized carbons (Fsp3) is 0.579. The number of piperidine rings is 1. The maximum Gasteiger partial charge on any atom is 0.253 e. The summed E-state index contributed by atoms with van der Waals surface area (Å²) in [5, 5.41) is 6.20. The monoisotopic (exact) mass is 346 g/mol. The van der Waals surface area contributed by atoms with Crippen LogP contribution < -0.4 is 10.6 Å². The fourth-order valence-electron chi connectivity index (χ4n) is 3.23. The molecule has 1 aromatic rings. The first-order chi connectivity index (χ1) is 12.1. The predicted octanol–water partition coefficient (Wildman–Crippen LogP) is 1.79.